The minimum atomic E-state index is 0. The molecule has 1 aliphatic rings. The van der Waals surface area contributed by atoms with Gasteiger partial charge in [0.2, 0.25) is 0 Å². The summed E-state index contributed by atoms with van der Waals surface area (Å²) in [6, 6.07) is 1.08. The molecule has 100 valence electrons. The number of anilines is 1. The highest BCUT2D eigenvalue weighted by atomic mass is 35.5. The Balaban J connectivity index is 0.00000128. The van der Waals surface area contributed by atoms with E-state index in [1.54, 1.807) is 0 Å². The Morgan fingerprint density at radius 2 is 2.35 bits per heavy atom. The smallest absolute Gasteiger partial charge is 0.0729 e. The molecule has 2 rings (SSSR count). The molecule has 17 heavy (non-hydrogen) atoms. The summed E-state index contributed by atoms with van der Waals surface area (Å²) in [5.41, 5.74) is 1.12. The van der Waals surface area contributed by atoms with Crippen LogP contribution in [0, 0.1) is 0 Å². The minimum Gasteiger partial charge on any atom is -0.378 e. The summed E-state index contributed by atoms with van der Waals surface area (Å²) in [7, 11) is 0. The number of rotatable bonds is 4. The second-order valence-electron chi connectivity index (χ2n) is 4.22. The molecule has 1 aliphatic heterocycles. The summed E-state index contributed by atoms with van der Waals surface area (Å²) in [6.07, 6.45) is 6.53. The number of hydrogen-bond acceptors (Lipinski definition) is 3. The molecule has 2 N–H and O–H groups in total. The molecule has 1 aromatic heterocycles. The van der Waals surface area contributed by atoms with Crippen molar-refractivity contribution in [3.63, 3.8) is 0 Å². The number of nitrogens with zero attached hydrogens (tertiary/aromatic N) is 2. The van der Waals surface area contributed by atoms with E-state index in [1.165, 1.54) is 12.8 Å². The van der Waals surface area contributed by atoms with Gasteiger partial charge in [0.1, 0.15) is 0 Å². The van der Waals surface area contributed by atoms with Gasteiger partial charge in [-0.3, -0.25) is 4.68 Å². The molecule has 2 atom stereocenters. The fourth-order valence-electron chi connectivity index (χ4n) is 2.11. The Bertz CT molecular complexity index is 310. The quantitative estimate of drug-likeness (QED) is 0.890. The van der Waals surface area contributed by atoms with E-state index in [1.807, 2.05) is 10.9 Å². The Kier molecular flexibility index (Phi) is 7.59. The lowest BCUT2D eigenvalue weighted by molar-refractivity contribution is 0.538. The molecule has 0 bridgehead atoms. The fraction of sp³-hybridized carbons (Fsp3) is 0.727. The van der Waals surface area contributed by atoms with Crippen LogP contribution in [0.15, 0.2) is 12.4 Å². The van der Waals surface area contributed by atoms with Gasteiger partial charge < -0.3 is 10.6 Å². The first-order valence-corrected chi connectivity index (χ1v) is 5.82. The van der Waals surface area contributed by atoms with Gasteiger partial charge in [0.05, 0.1) is 11.9 Å². The summed E-state index contributed by atoms with van der Waals surface area (Å²) < 4.78 is 1.94. The Morgan fingerprint density at radius 3 is 2.88 bits per heavy atom. The maximum Gasteiger partial charge on any atom is 0.0729 e. The zero-order chi connectivity index (χ0) is 10.7. The van der Waals surface area contributed by atoms with Crippen LogP contribution in [0.25, 0.3) is 0 Å². The predicted octanol–water partition coefficient (Wildman–Crippen LogP) is 2.30. The molecule has 1 unspecified atom stereocenters. The lowest BCUT2D eigenvalue weighted by Crippen LogP contribution is -2.37. The molecule has 0 spiro atoms. The molecular formula is C11H22Cl2N4. The molecule has 1 saturated heterocycles. The normalized spacial score (nSPS) is 20.2. The van der Waals surface area contributed by atoms with Gasteiger partial charge in [0, 0.05) is 24.8 Å². The van der Waals surface area contributed by atoms with E-state index in [4.69, 9.17) is 0 Å². The van der Waals surface area contributed by atoms with Crippen molar-refractivity contribution in [2.75, 3.05) is 11.9 Å². The standard InChI is InChI=1S/C11H20N4.2ClH/c1-3-15-8-10(7-13-15)14-9(2)11-5-4-6-12-11;;/h7-9,11-12,14H,3-6H2,1-2H3;2*1H/t9?,11-;;/m0../s1. The van der Waals surface area contributed by atoms with Gasteiger partial charge in [-0.1, -0.05) is 0 Å². The fourth-order valence-corrected chi connectivity index (χ4v) is 2.11. The minimum absolute atomic E-state index is 0. The molecule has 4 nitrogen and oxygen atoms in total. The van der Waals surface area contributed by atoms with Crippen LogP contribution in [0.1, 0.15) is 26.7 Å². The molecule has 0 saturated carbocycles. The Labute approximate surface area is 115 Å². The maximum atomic E-state index is 4.25. The summed E-state index contributed by atoms with van der Waals surface area (Å²) in [4.78, 5) is 0. The summed E-state index contributed by atoms with van der Waals surface area (Å²) in [6.45, 7) is 6.41. The lowest BCUT2D eigenvalue weighted by Gasteiger charge is -2.20. The molecule has 6 heteroatoms. The number of halogens is 2. The number of nitrogens with one attached hydrogen (secondary N) is 2. The third-order valence-corrected chi connectivity index (χ3v) is 3.05. The topological polar surface area (TPSA) is 41.9 Å². The van der Waals surface area contributed by atoms with Crippen molar-refractivity contribution < 1.29 is 0 Å². The van der Waals surface area contributed by atoms with Crippen LogP contribution in [-0.4, -0.2) is 28.4 Å². The van der Waals surface area contributed by atoms with Crippen molar-refractivity contribution in [2.45, 2.75) is 45.3 Å². The molecule has 1 aromatic rings. The molecule has 0 aliphatic carbocycles. The number of aromatic nitrogens is 2. The summed E-state index contributed by atoms with van der Waals surface area (Å²) in [5.74, 6) is 0. The third-order valence-electron chi connectivity index (χ3n) is 3.05. The SMILES string of the molecule is CCn1cc(NC(C)[C@@H]2CCCN2)cn1.Cl.Cl. The number of hydrogen-bond donors (Lipinski definition) is 2. The average Bonchev–Trinajstić information content (AvgIpc) is 2.87. The Morgan fingerprint density at radius 1 is 1.59 bits per heavy atom. The van der Waals surface area contributed by atoms with Gasteiger partial charge in [0.15, 0.2) is 0 Å². The monoisotopic (exact) mass is 280 g/mol. The first-order chi connectivity index (χ1) is 7.29. The highest BCUT2D eigenvalue weighted by Gasteiger charge is 2.20. The lowest BCUT2D eigenvalue weighted by atomic mass is 10.1. The van der Waals surface area contributed by atoms with Crippen molar-refractivity contribution in [1.29, 1.82) is 0 Å². The molecule has 0 aromatic carbocycles. The van der Waals surface area contributed by atoms with E-state index in [9.17, 15) is 0 Å². The largest absolute Gasteiger partial charge is 0.378 e. The predicted molar refractivity (Wildman–Crippen MR) is 76.5 cm³/mol. The zero-order valence-electron chi connectivity index (χ0n) is 10.3. The van der Waals surface area contributed by atoms with Crippen LogP contribution < -0.4 is 10.6 Å². The van der Waals surface area contributed by atoms with E-state index in [0.717, 1.165) is 18.8 Å². The molecule has 0 amide bonds. The van der Waals surface area contributed by atoms with Crippen LogP contribution >= 0.6 is 24.8 Å². The highest BCUT2D eigenvalue weighted by molar-refractivity contribution is 5.85. The second-order valence-corrected chi connectivity index (χ2v) is 4.22. The van der Waals surface area contributed by atoms with E-state index >= 15 is 0 Å². The Hall–Kier alpha value is -0.450. The highest BCUT2D eigenvalue weighted by Crippen LogP contribution is 2.14. The van der Waals surface area contributed by atoms with Crippen LogP contribution in [0.4, 0.5) is 5.69 Å². The van der Waals surface area contributed by atoms with Gasteiger partial charge in [-0.15, -0.1) is 24.8 Å². The van der Waals surface area contributed by atoms with Crippen LogP contribution in [-0.2, 0) is 6.54 Å². The van der Waals surface area contributed by atoms with Crippen molar-refractivity contribution in [3.05, 3.63) is 12.4 Å². The van der Waals surface area contributed by atoms with E-state index in [-0.39, 0.29) is 24.8 Å². The molecular weight excluding hydrogens is 259 g/mol. The van der Waals surface area contributed by atoms with Gasteiger partial charge in [-0.2, -0.15) is 5.10 Å². The zero-order valence-corrected chi connectivity index (χ0v) is 12.0. The van der Waals surface area contributed by atoms with Gasteiger partial charge in [-0.05, 0) is 33.2 Å². The molecule has 1 fully saturated rings. The summed E-state index contributed by atoms with van der Waals surface area (Å²) >= 11 is 0. The molecule has 2 heterocycles. The second kappa shape index (κ2) is 7.80. The van der Waals surface area contributed by atoms with Crippen LogP contribution in [0.3, 0.4) is 0 Å². The average molecular weight is 281 g/mol. The molecule has 0 radical (unpaired) electrons. The van der Waals surface area contributed by atoms with Crippen molar-refractivity contribution >= 4 is 30.5 Å². The van der Waals surface area contributed by atoms with Crippen molar-refractivity contribution in [2.24, 2.45) is 0 Å². The summed E-state index contributed by atoms with van der Waals surface area (Å²) in [5, 5.41) is 11.2. The van der Waals surface area contributed by atoms with E-state index < -0.39 is 0 Å². The third kappa shape index (κ3) is 4.37. The van der Waals surface area contributed by atoms with Gasteiger partial charge in [-0.25, -0.2) is 0 Å². The number of aryl methyl sites for hydroxylation is 1. The van der Waals surface area contributed by atoms with Crippen molar-refractivity contribution in [1.82, 2.24) is 15.1 Å². The van der Waals surface area contributed by atoms with Crippen LogP contribution in [0.5, 0.6) is 0 Å². The van der Waals surface area contributed by atoms with E-state index in [2.05, 4.69) is 35.8 Å². The van der Waals surface area contributed by atoms with E-state index in [0.29, 0.717) is 12.1 Å². The van der Waals surface area contributed by atoms with Crippen molar-refractivity contribution in [3.8, 4) is 0 Å². The maximum absolute atomic E-state index is 4.25. The first-order valence-electron chi connectivity index (χ1n) is 5.82. The van der Waals surface area contributed by atoms with Gasteiger partial charge in [0.25, 0.3) is 0 Å². The van der Waals surface area contributed by atoms with Gasteiger partial charge >= 0.3 is 0 Å². The van der Waals surface area contributed by atoms with Crippen LogP contribution in [0.2, 0.25) is 0 Å². The first kappa shape index (κ1) is 16.6.